The third-order valence-corrected chi connectivity index (χ3v) is 0.489. The second kappa shape index (κ2) is 11.3. The number of hydrogen-bond donors (Lipinski definition) is 1. The van der Waals surface area contributed by atoms with Crippen LogP contribution in [0.5, 0.6) is 0 Å². The molecule has 0 aliphatic rings. The van der Waals surface area contributed by atoms with Gasteiger partial charge in [0.15, 0.2) is 0 Å². The van der Waals surface area contributed by atoms with Crippen molar-refractivity contribution in [1.82, 2.24) is 0 Å². The molecular formula is C7H15O3. The van der Waals surface area contributed by atoms with Crippen LogP contribution in [-0.2, 0) is 9.53 Å². The molecule has 3 nitrogen and oxygen atoms in total. The lowest BCUT2D eigenvalue weighted by molar-refractivity contribution is -0.134. The van der Waals surface area contributed by atoms with E-state index in [4.69, 9.17) is 14.6 Å². The molecule has 0 bridgehead atoms. The minimum Gasteiger partial charge on any atom is -0.481 e. The molecule has 3 heteroatoms. The fourth-order valence-electron chi connectivity index (χ4n) is 0.236. The van der Waals surface area contributed by atoms with E-state index in [1.807, 2.05) is 20.3 Å². The summed E-state index contributed by atoms with van der Waals surface area (Å²) in [6.07, 6.45) is 1.99. The Kier molecular flexibility index (Phi) is 13.7. The van der Waals surface area contributed by atoms with Gasteiger partial charge in [-0.2, -0.15) is 0 Å². The normalized spacial score (nSPS) is 7.90. The van der Waals surface area contributed by atoms with Crippen LogP contribution in [0.15, 0.2) is 0 Å². The van der Waals surface area contributed by atoms with E-state index in [2.05, 4.69) is 0 Å². The lowest BCUT2D eigenvalue weighted by atomic mass is 10.5. The molecule has 0 fully saturated rings. The maximum atomic E-state index is 9.00. The van der Waals surface area contributed by atoms with Crippen LogP contribution in [0.3, 0.4) is 0 Å². The smallest absolute Gasteiger partial charge is 0.300 e. The Morgan fingerprint density at radius 2 is 2.10 bits per heavy atom. The summed E-state index contributed by atoms with van der Waals surface area (Å²) in [6, 6.07) is 0. The Balaban J connectivity index is 0. The van der Waals surface area contributed by atoms with E-state index in [9.17, 15) is 0 Å². The van der Waals surface area contributed by atoms with Crippen molar-refractivity contribution in [3.05, 3.63) is 6.42 Å². The Morgan fingerprint density at radius 3 is 2.20 bits per heavy atom. The highest BCUT2D eigenvalue weighted by Gasteiger charge is 1.73. The predicted molar refractivity (Wildman–Crippen MR) is 39.8 cm³/mol. The summed E-state index contributed by atoms with van der Waals surface area (Å²) >= 11 is 0. The van der Waals surface area contributed by atoms with Gasteiger partial charge in [-0.25, -0.2) is 0 Å². The maximum absolute atomic E-state index is 9.00. The average Bonchev–Trinajstić information content (AvgIpc) is 1.82. The van der Waals surface area contributed by atoms with Crippen molar-refractivity contribution in [2.45, 2.75) is 20.8 Å². The van der Waals surface area contributed by atoms with Gasteiger partial charge in [-0.15, -0.1) is 0 Å². The number of rotatable bonds is 3. The highest BCUT2D eigenvalue weighted by Crippen LogP contribution is 1.74. The summed E-state index contributed by atoms with van der Waals surface area (Å²) in [6.45, 7) is 6.67. The highest BCUT2D eigenvalue weighted by atomic mass is 16.5. The Labute approximate surface area is 62.0 Å². The van der Waals surface area contributed by atoms with E-state index in [1.165, 1.54) is 0 Å². The number of ether oxygens (including phenoxy) is 1. The van der Waals surface area contributed by atoms with Gasteiger partial charge in [0.25, 0.3) is 5.97 Å². The fraction of sp³-hybridized carbons (Fsp3) is 0.714. The van der Waals surface area contributed by atoms with Gasteiger partial charge in [0.05, 0.1) is 0 Å². The molecule has 0 atom stereocenters. The number of carboxylic acid groups (broad SMARTS) is 1. The largest absolute Gasteiger partial charge is 0.481 e. The second-order valence-electron chi connectivity index (χ2n) is 1.59. The van der Waals surface area contributed by atoms with Crippen molar-refractivity contribution in [1.29, 1.82) is 0 Å². The third-order valence-electron chi connectivity index (χ3n) is 0.489. The van der Waals surface area contributed by atoms with E-state index < -0.39 is 5.97 Å². The minimum atomic E-state index is -0.833. The molecule has 0 unspecified atom stereocenters. The van der Waals surface area contributed by atoms with Gasteiger partial charge in [0.2, 0.25) is 0 Å². The first-order chi connectivity index (χ1) is 4.65. The van der Waals surface area contributed by atoms with Crippen LogP contribution in [0.25, 0.3) is 0 Å². The van der Waals surface area contributed by atoms with Crippen LogP contribution in [0, 0.1) is 6.42 Å². The molecule has 10 heavy (non-hydrogen) atoms. The predicted octanol–water partition coefficient (Wildman–Crippen LogP) is 1.34. The third kappa shape index (κ3) is 52.0. The molecule has 0 aliphatic heterocycles. The zero-order valence-electron chi connectivity index (χ0n) is 6.76. The van der Waals surface area contributed by atoms with Crippen LogP contribution >= 0.6 is 0 Å². The molecule has 0 rings (SSSR count). The SMILES string of the molecule is CC(=O)O.C[CH]COCC. The maximum Gasteiger partial charge on any atom is 0.300 e. The molecule has 61 valence electrons. The van der Waals surface area contributed by atoms with Crippen LogP contribution in [0.2, 0.25) is 0 Å². The summed E-state index contributed by atoms with van der Waals surface area (Å²) < 4.78 is 4.93. The first kappa shape index (κ1) is 12.1. The number of carboxylic acids is 1. The van der Waals surface area contributed by atoms with Crippen LogP contribution < -0.4 is 0 Å². The Morgan fingerprint density at radius 1 is 1.70 bits per heavy atom. The molecule has 0 aromatic rings. The van der Waals surface area contributed by atoms with E-state index in [0.29, 0.717) is 0 Å². The lowest BCUT2D eigenvalue weighted by Crippen LogP contribution is -1.89. The Hall–Kier alpha value is -0.570. The van der Waals surface area contributed by atoms with Gasteiger partial charge < -0.3 is 9.84 Å². The minimum absolute atomic E-state index is 0.788. The molecule has 0 saturated heterocycles. The van der Waals surface area contributed by atoms with Crippen LogP contribution in [0.4, 0.5) is 0 Å². The van der Waals surface area contributed by atoms with Crippen molar-refractivity contribution >= 4 is 5.97 Å². The van der Waals surface area contributed by atoms with Gasteiger partial charge in [-0.3, -0.25) is 4.79 Å². The van der Waals surface area contributed by atoms with Crippen molar-refractivity contribution < 1.29 is 14.6 Å². The zero-order valence-corrected chi connectivity index (χ0v) is 6.76. The molecule has 0 heterocycles. The van der Waals surface area contributed by atoms with E-state index >= 15 is 0 Å². The monoisotopic (exact) mass is 147 g/mol. The summed E-state index contributed by atoms with van der Waals surface area (Å²) in [5.41, 5.74) is 0. The molecule has 0 amide bonds. The van der Waals surface area contributed by atoms with Gasteiger partial charge in [0, 0.05) is 20.1 Å². The highest BCUT2D eigenvalue weighted by molar-refractivity contribution is 5.62. The van der Waals surface area contributed by atoms with Gasteiger partial charge in [-0.05, 0) is 13.3 Å². The molecular weight excluding hydrogens is 132 g/mol. The second-order valence-corrected chi connectivity index (χ2v) is 1.59. The van der Waals surface area contributed by atoms with Gasteiger partial charge >= 0.3 is 0 Å². The molecule has 0 saturated carbocycles. The molecule has 1 N–H and O–H groups in total. The first-order valence-electron chi connectivity index (χ1n) is 3.20. The molecule has 0 spiro atoms. The molecule has 0 aromatic carbocycles. The summed E-state index contributed by atoms with van der Waals surface area (Å²) in [7, 11) is 0. The van der Waals surface area contributed by atoms with E-state index in [-0.39, 0.29) is 0 Å². The molecule has 0 aliphatic carbocycles. The topological polar surface area (TPSA) is 46.5 Å². The van der Waals surface area contributed by atoms with Gasteiger partial charge in [0.1, 0.15) is 0 Å². The summed E-state index contributed by atoms with van der Waals surface area (Å²) in [5.74, 6) is -0.833. The number of hydrogen-bond acceptors (Lipinski definition) is 2. The number of aliphatic carboxylic acids is 1. The van der Waals surface area contributed by atoms with Crippen LogP contribution in [-0.4, -0.2) is 24.3 Å². The van der Waals surface area contributed by atoms with Crippen molar-refractivity contribution in [2.24, 2.45) is 0 Å². The van der Waals surface area contributed by atoms with Gasteiger partial charge in [-0.1, -0.05) is 6.92 Å². The Bertz CT molecular complexity index is 63.3. The summed E-state index contributed by atoms with van der Waals surface area (Å²) in [5, 5.41) is 7.42. The van der Waals surface area contributed by atoms with Crippen LogP contribution in [0.1, 0.15) is 20.8 Å². The first-order valence-corrected chi connectivity index (χ1v) is 3.20. The summed E-state index contributed by atoms with van der Waals surface area (Å²) in [4.78, 5) is 9.00. The molecule has 0 aromatic heterocycles. The average molecular weight is 147 g/mol. The standard InChI is InChI=1S/C5H11O.C2H4O2/c1-3-5-6-4-2;1-2(3)4/h3H,4-5H2,1-2H3;1H3,(H,3,4). The van der Waals surface area contributed by atoms with E-state index in [1.54, 1.807) is 0 Å². The van der Waals surface area contributed by atoms with Crippen molar-refractivity contribution in [3.63, 3.8) is 0 Å². The molecule has 1 radical (unpaired) electrons. The van der Waals surface area contributed by atoms with Crippen molar-refractivity contribution in [3.8, 4) is 0 Å². The van der Waals surface area contributed by atoms with Crippen molar-refractivity contribution in [2.75, 3.05) is 13.2 Å². The zero-order chi connectivity index (χ0) is 8.41. The lowest BCUT2D eigenvalue weighted by Gasteiger charge is -1.91. The fourth-order valence-corrected chi connectivity index (χ4v) is 0.236. The quantitative estimate of drug-likeness (QED) is 0.613. The van der Waals surface area contributed by atoms with E-state index in [0.717, 1.165) is 20.1 Å². The number of carbonyl (C=O) groups is 1.